The molecule has 0 radical (unpaired) electrons. The maximum absolute atomic E-state index is 12.9. The number of esters is 1. The molecular weight excluding hydrogens is 369 g/mol. The molecule has 2 aromatic rings. The van der Waals surface area contributed by atoms with Crippen molar-refractivity contribution in [1.29, 1.82) is 0 Å². The van der Waals surface area contributed by atoms with Crippen molar-refractivity contribution in [2.75, 3.05) is 19.9 Å². The van der Waals surface area contributed by atoms with Crippen LogP contribution in [0.1, 0.15) is 22.8 Å². The Hall–Kier alpha value is -2.54. The van der Waals surface area contributed by atoms with Crippen LogP contribution >= 0.6 is 11.8 Å². The van der Waals surface area contributed by atoms with Crippen molar-refractivity contribution < 1.29 is 23.5 Å². The van der Waals surface area contributed by atoms with E-state index in [0.29, 0.717) is 18.7 Å². The van der Waals surface area contributed by atoms with E-state index in [0.717, 1.165) is 10.5 Å². The number of methoxy groups -OCH3 is 1. The van der Waals surface area contributed by atoms with Gasteiger partial charge in [0.2, 0.25) is 0 Å². The van der Waals surface area contributed by atoms with Crippen LogP contribution in [0.3, 0.4) is 0 Å². The lowest BCUT2D eigenvalue weighted by atomic mass is 10.1. The van der Waals surface area contributed by atoms with E-state index in [1.54, 1.807) is 30.3 Å². The molecular formula is C20H22FNO4S. The molecule has 0 bridgehead atoms. The Kier molecular flexibility index (Phi) is 7.67. The number of carbonyl (C=O) groups is 2. The van der Waals surface area contributed by atoms with Gasteiger partial charge in [-0.1, -0.05) is 12.1 Å². The van der Waals surface area contributed by atoms with E-state index < -0.39 is 18.0 Å². The fourth-order valence-electron chi connectivity index (χ4n) is 2.37. The van der Waals surface area contributed by atoms with Gasteiger partial charge in [-0.15, -0.1) is 11.8 Å². The molecule has 0 fully saturated rings. The number of benzene rings is 2. The van der Waals surface area contributed by atoms with Crippen molar-refractivity contribution in [3.05, 3.63) is 59.4 Å². The van der Waals surface area contributed by atoms with Gasteiger partial charge >= 0.3 is 5.97 Å². The van der Waals surface area contributed by atoms with Crippen LogP contribution in [0.25, 0.3) is 0 Å². The monoisotopic (exact) mass is 391 g/mol. The second-order valence-electron chi connectivity index (χ2n) is 5.78. The smallest absolute Gasteiger partial charge is 0.342 e. The highest BCUT2D eigenvalue weighted by atomic mass is 32.2. The summed E-state index contributed by atoms with van der Waals surface area (Å²) >= 11 is 1.53. The number of hydrogen-bond donors (Lipinski definition) is 1. The van der Waals surface area contributed by atoms with Crippen LogP contribution in [-0.2, 0) is 16.0 Å². The minimum atomic E-state index is -0.948. The molecule has 0 saturated heterocycles. The van der Waals surface area contributed by atoms with Crippen molar-refractivity contribution in [2.24, 2.45) is 0 Å². The lowest BCUT2D eigenvalue weighted by molar-refractivity contribution is -0.129. The zero-order valence-corrected chi connectivity index (χ0v) is 16.3. The summed E-state index contributed by atoms with van der Waals surface area (Å²) in [7, 11) is 1.47. The third kappa shape index (κ3) is 5.99. The van der Waals surface area contributed by atoms with Gasteiger partial charge in [-0.3, -0.25) is 4.79 Å². The Bertz CT molecular complexity index is 795. The van der Waals surface area contributed by atoms with Gasteiger partial charge < -0.3 is 14.8 Å². The van der Waals surface area contributed by atoms with Crippen molar-refractivity contribution in [3.63, 3.8) is 0 Å². The number of carbonyl (C=O) groups excluding carboxylic acids is 2. The zero-order valence-electron chi connectivity index (χ0n) is 15.5. The van der Waals surface area contributed by atoms with E-state index in [1.807, 2.05) is 6.26 Å². The quantitative estimate of drug-likeness (QED) is 0.552. The van der Waals surface area contributed by atoms with Crippen LogP contribution < -0.4 is 10.1 Å². The Labute approximate surface area is 162 Å². The zero-order chi connectivity index (χ0) is 19.8. The molecule has 0 aliphatic rings. The van der Waals surface area contributed by atoms with Crippen molar-refractivity contribution in [1.82, 2.24) is 5.32 Å². The molecule has 1 N–H and O–H groups in total. The van der Waals surface area contributed by atoms with Crippen molar-refractivity contribution >= 4 is 23.6 Å². The molecule has 0 spiro atoms. The molecule has 2 aromatic carbocycles. The maximum atomic E-state index is 12.9. The molecule has 0 aliphatic heterocycles. The highest BCUT2D eigenvalue weighted by molar-refractivity contribution is 7.98. The summed E-state index contributed by atoms with van der Waals surface area (Å²) in [6.07, 6.45) is 1.53. The second-order valence-corrected chi connectivity index (χ2v) is 6.66. The molecule has 0 saturated carbocycles. The van der Waals surface area contributed by atoms with Crippen molar-refractivity contribution in [3.8, 4) is 5.75 Å². The number of halogens is 1. The van der Waals surface area contributed by atoms with Crippen molar-refractivity contribution in [2.45, 2.75) is 24.3 Å². The lowest BCUT2D eigenvalue weighted by Crippen LogP contribution is -2.37. The third-order valence-corrected chi connectivity index (χ3v) is 4.63. The van der Waals surface area contributed by atoms with Gasteiger partial charge in [-0.25, -0.2) is 9.18 Å². The predicted molar refractivity (Wildman–Crippen MR) is 103 cm³/mol. The average molecular weight is 391 g/mol. The molecule has 5 nitrogen and oxygen atoms in total. The Morgan fingerprint density at radius 2 is 1.89 bits per heavy atom. The van der Waals surface area contributed by atoms with Gasteiger partial charge in [0.1, 0.15) is 17.1 Å². The van der Waals surface area contributed by atoms with Gasteiger partial charge in [0.05, 0.1) is 7.11 Å². The van der Waals surface area contributed by atoms with E-state index in [2.05, 4.69) is 5.32 Å². The molecule has 1 atom stereocenters. The van der Waals surface area contributed by atoms with Crippen LogP contribution in [0.15, 0.2) is 47.4 Å². The maximum Gasteiger partial charge on any atom is 0.342 e. The van der Waals surface area contributed by atoms with Crippen LogP contribution in [0.2, 0.25) is 0 Å². The normalized spacial score (nSPS) is 11.6. The number of ether oxygens (including phenoxy) is 2. The third-order valence-electron chi connectivity index (χ3n) is 3.91. The summed E-state index contributed by atoms with van der Waals surface area (Å²) in [6.45, 7) is 1.87. The molecule has 144 valence electrons. The minimum absolute atomic E-state index is 0.265. The van der Waals surface area contributed by atoms with E-state index in [1.165, 1.54) is 37.9 Å². The van der Waals surface area contributed by atoms with Gasteiger partial charge in [0.15, 0.2) is 6.10 Å². The molecule has 0 unspecified atom stereocenters. The summed E-state index contributed by atoms with van der Waals surface area (Å²) in [5, 5.41) is 2.70. The molecule has 1 amide bonds. The highest BCUT2D eigenvalue weighted by Gasteiger charge is 2.21. The first-order valence-corrected chi connectivity index (χ1v) is 9.62. The van der Waals surface area contributed by atoms with Gasteiger partial charge in [-0.05, 0) is 55.5 Å². The molecule has 0 aromatic heterocycles. The summed E-state index contributed by atoms with van der Waals surface area (Å²) in [5.41, 5.74) is 1.17. The first kappa shape index (κ1) is 20.8. The molecule has 0 heterocycles. The van der Waals surface area contributed by atoms with Gasteiger partial charge in [-0.2, -0.15) is 0 Å². The van der Waals surface area contributed by atoms with E-state index in [-0.39, 0.29) is 11.4 Å². The number of nitrogens with one attached hydrogen (secondary N) is 1. The number of thioether (sulfide) groups is 1. The Morgan fingerprint density at radius 3 is 2.52 bits per heavy atom. The fraction of sp³-hybridized carbons (Fsp3) is 0.300. The SMILES string of the molecule is COc1cc(SC)ccc1C(=O)O[C@H](C)C(=O)NCCc1ccc(F)cc1. The first-order valence-electron chi connectivity index (χ1n) is 8.39. The van der Waals surface area contributed by atoms with Gasteiger partial charge in [0, 0.05) is 11.4 Å². The molecule has 27 heavy (non-hydrogen) atoms. The van der Waals surface area contributed by atoms with Crippen LogP contribution in [0.5, 0.6) is 5.75 Å². The standard InChI is InChI=1S/C20H22FNO4S/c1-13(19(23)22-11-10-14-4-6-15(21)7-5-14)26-20(24)17-9-8-16(27-3)12-18(17)25-2/h4-9,12-13H,10-11H2,1-3H3,(H,22,23)/t13-/m1/s1. The number of hydrogen-bond acceptors (Lipinski definition) is 5. The molecule has 7 heteroatoms. The van der Waals surface area contributed by atoms with Crippen LogP contribution in [0.4, 0.5) is 4.39 Å². The summed E-state index contributed by atoms with van der Waals surface area (Å²) in [4.78, 5) is 25.4. The summed E-state index contributed by atoms with van der Waals surface area (Å²) in [5.74, 6) is -0.925. The van der Waals surface area contributed by atoms with Crippen LogP contribution in [-0.4, -0.2) is 37.9 Å². The highest BCUT2D eigenvalue weighted by Crippen LogP contribution is 2.26. The fourth-order valence-corrected chi connectivity index (χ4v) is 2.80. The van der Waals surface area contributed by atoms with E-state index in [4.69, 9.17) is 9.47 Å². The summed E-state index contributed by atoms with van der Waals surface area (Å²) < 4.78 is 23.3. The predicted octanol–water partition coefficient (Wildman–Crippen LogP) is 3.46. The number of amides is 1. The van der Waals surface area contributed by atoms with Crippen LogP contribution in [0, 0.1) is 5.82 Å². The Morgan fingerprint density at radius 1 is 1.19 bits per heavy atom. The lowest BCUT2D eigenvalue weighted by Gasteiger charge is -2.15. The Balaban J connectivity index is 1.88. The second kappa shape index (κ2) is 9.97. The number of rotatable bonds is 8. The molecule has 0 aliphatic carbocycles. The van der Waals surface area contributed by atoms with E-state index >= 15 is 0 Å². The van der Waals surface area contributed by atoms with Gasteiger partial charge in [0.25, 0.3) is 5.91 Å². The van der Waals surface area contributed by atoms with E-state index in [9.17, 15) is 14.0 Å². The largest absolute Gasteiger partial charge is 0.496 e. The minimum Gasteiger partial charge on any atom is -0.496 e. The molecule has 2 rings (SSSR count). The average Bonchev–Trinajstić information content (AvgIpc) is 2.68. The first-order chi connectivity index (χ1) is 12.9. The summed E-state index contributed by atoms with van der Waals surface area (Å²) in [6, 6.07) is 11.2. The topological polar surface area (TPSA) is 64.6 Å².